The molecule has 1 N–H and O–H groups in total. The Kier molecular flexibility index (Phi) is 3.62. The molecule has 3 heteroatoms. The summed E-state index contributed by atoms with van der Waals surface area (Å²) in [5.41, 5.74) is 0. The zero-order chi connectivity index (χ0) is 10.7. The van der Waals surface area contributed by atoms with Crippen LogP contribution in [0.1, 0.15) is 32.6 Å². The first-order valence-electron chi connectivity index (χ1n) is 6.30. The third kappa shape index (κ3) is 2.51. The Labute approximate surface area is 92.2 Å². The van der Waals surface area contributed by atoms with E-state index in [2.05, 4.69) is 17.1 Å². The molecule has 86 valence electrons. The Bertz CT molecular complexity index is 224. The molecule has 15 heavy (non-hydrogen) atoms. The van der Waals surface area contributed by atoms with Crippen molar-refractivity contribution in [3.05, 3.63) is 0 Å². The molecule has 2 heterocycles. The van der Waals surface area contributed by atoms with Crippen molar-refractivity contribution in [2.75, 3.05) is 26.2 Å². The van der Waals surface area contributed by atoms with Crippen LogP contribution >= 0.6 is 0 Å². The van der Waals surface area contributed by atoms with Crippen LogP contribution in [0.2, 0.25) is 0 Å². The fourth-order valence-corrected chi connectivity index (χ4v) is 2.72. The molecule has 2 rings (SSSR count). The highest BCUT2D eigenvalue weighted by Crippen LogP contribution is 2.22. The lowest BCUT2D eigenvalue weighted by Crippen LogP contribution is -2.43. The predicted octanol–water partition coefficient (Wildman–Crippen LogP) is 1.24. The van der Waals surface area contributed by atoms with Crippen LogP contribution in [0, 0.1) is 11.8 Å². The zero-order valence-corrected chi connectivity index (χ0v) is 9.67. The molecule has 1 amide bonds. The average Bonchev–Trinajstić information content (AvgIpc) is 2.81. The van der Waals surface area contributed by atoms with Gasteiger partial charge < -0.3 is 10.2 Å². The van der Waals surface area contributed by atoms with E-state index in [9.17, 15) is 4.79 Å². The van der Waals surface area contributed by atoms with E-state index in [4.69, 9.17) is 0 Å². The van der Waals surface area contributed by atoms with Crippen LogP contribution in [0.4, 0.5) is 0 Å². The Hall–Kier alpha value is -0.570. The van der Waals surface area contributed by atoms with Crippen LogP contribution in [0.15, 0.2) is 0 Å². The topological polar surface area (TPSA) is 32.3 Å². The first-order chi connectivity index (χ1) is 7.31. The number of likely N-dealkylation sites (tertiary alicyclic amines) is 1. The van der Waals surface area contributed by atoms with Crippen molar-refractivity contribution in [3.63, 3.8) is 0 Å². The van der Waals surface area contributed by atoms with Gasteiger partial charge in [-0.05, 0) is 31.7 Å². The predicted molar refractivity (Wildman–Crippen MR) is 60.6 cm³/mol. The van der Waals surface area contributed by atoms with Crippen LogP contribution in [-0.2, 0) is 4.79 Å². The summed E-state index contributed by atoms with van der Waals surface area (Å²) in [6, 6.07) is 0. The third-order valence-corrected chi connectivity index (χ3v) is 3.82. The molecule has 2 aliphatic rings. The second kappa shape index (κ2) is 4.97. The molecule has 0 radical (unpaired) electrons. The van der Waals surface area contributed by atoms with Gasteiger partial charge in [-0.2, -0.15) is 0 Å². The van der Waals surface area contributed by atoms with Gasteiger partial charge in [0.25, 0.3) is 0 Å². The highest BCUT2D eigenvalue weighted by atomic mass is 16.2. The lowest BCUT2D eigenvalue weighted by atomic mass is 9.94. The smallest absolute Gasteiger partial charge is 0.227 e. The molecular weight excluding hydrogens is 188 g/mol. The Morgan fingerprint density at radius 1 is 1.47 bits per heavy atom. The largest absolute Gasteiger partial charge is 0.342 e. The SMILES string of the molecule is CCC1CCCN(C(=O)[C@H]2CCNC2)C1. The van der Waals surface area contributed by atoms with Crippen molar-refractivity contribution in [1.29, 1.82) is 0 Å². The van der Waals surface area contributed by atoms with Gasteiger partial charge in [0, 0.05) is 19.6 Å². The maximum atomic E-state index is 12.1. The third-order valence-electron chi connectivity index (χ3n) is 3.82. The Morgan fingerprint density at radius 3 is 3.00 bits per heavy atom. The normalized spacial score (nSPS) is 31.9. The molecule has 0 aromatic rings. The molecular formula is C12H22N2O. The van der Waals surface area contributed by atoms with Crippen molar-refractivity contribution in [1.82, 2.24) is 10.2 Å². The van der Waals surface area contributed by atoms with Crippen LogP contribution in [0.3, 0.4) is 0 Å². The standard InChI is InChI=1S/C12H22N2O/c1-2-10-4-3-7-14(9-10)12(15)11-5-6-13-8-11/h10-11,13H,2-9H2,1H3/t10?,11-/m0/s1. The molecule has 2 fully saturated rings. The molecule has 2 atom stereocenters. The number of nitrogens with one attached hydrogen (secondary N) is 1. The molecule has 2 saturated heterocycles. The van der Waals surface area contributed by atoms with E-state index in [1.807, 2.05) is 0 Å². The highest BCUT2D eigenvalue weighted by Gasteiger charge is 2.29. The molecule has 0 aliphatic carbocycles. The number of amides is 1. The second-order valence-corrected chi connectivity index (χ2v) is 4.89. The summed E-state index contributed by atoms with van der Waals surface area (Å²) in [5, 5.41) is 3.27. The molecule has 0 bridgehead atoms. The molecule has 0 aromatic carbocycles. The van der Waals surface area contributed by atoms with E-state index in [-0.39, 0.29) is 5.92 Å². The van der Waals surface area contributed by atoms with Gasteiger partial charge in [0.05, 0.1) is 5.92 Å². The van der Waals surface area contributed by atoms with Gasteiger partial charge in [-0.3, -0.25) is 4.79 Å². The number of carbonyl (C=O) groups is 1. The quantitative estimate of drug-likeness (QED) is 0.744. The van der Waals surface area contributed by atoms with E-state index < -0.39 is 0 Å². The van der Waals surface area contributed by atoms with Crippen LogP contribution in [0.25, 0.3) is 0 Å². The summed E-state index contributed by atoms with van der Waals surface area (Å²) in [6.45, 7) is 6.14. The van der Waals surface area contributed by atoms with E-state index >= 15 is 0 Å². The Balaban J connectivity index is 1.88. The number of carbonyl (C=O) groups excluding carboxylic acids is 1. The van der Waals surface area contributed by atoms with Crippen molar-refractivity contribution < 1.29 is 4.79 Å². The number of hydrogen-bond acceptors (Lipinski definition) is 2. The fourth-order valence-electron chi connectivity index (χ4n) is 2.72. The zero-order valence-electron chi connectivity index (χ0n) is 9.67. The van der Waals surface area contributed by atoms with Crippen molar-refractivity contribution in [2.45, 2.75) is 32.6 Å². The highest BCUT2D eigenvalue weighted by molar-refractivity contribution is 5.79. The van der Waals surface area contributed by atoms with Gasteiger partial charge in [-0.25, -0.2) is 0 Å². The van der Waals surface area contributed by atoms with Crippen LogP contribution in [-0.4, -0.2) is 37.0 Å². The maximum Gasteiger partial charge on any atom is 0.227 e. The summed E-state index contributed by atoms with van der Waals surface area (Å²) >= 11 is 0. The van der Waals surface area contributed by atoms with Crippen LogP contribution < -0.4 is 5.32 Å². The van der Waals surface area contributed by atoms with Gasteiger partial charge in [0.15, 0.2) is 0 Å². The first kappa shape index (κ1) is 10.9. The summed E-state index contributed by atoms with van der Waals surface area (Å²) < 4.78 is 0. The van der Waals surface area contributed by atoms with Gasteiger partial charge in [0.2, 0.25) is 5.91 Å². The summed E-state index contributed by atoms with van der Waals surface area (Å²) in [4.78, 5) is 14.3. The van der Waals surface area contributed by atoms with E-state index in [1.165, 1.54) is 19.3 Å². The molecule has 1 unspecified atom stereocenters. The number of piperidine rings is 1. The lowest BCUT2D eigenvalue weighted by Gasteiger charge is -2.33. The summed E-state index contributed by atoms with van der Waals surface area (Å²) in [5.74, 6) is 1.41. The van der Waals surface area contributed by atoms with E-state index in [1.54, 1.807) is 0 Å². The van der Waals surface area contributed by atoms with Gasteiger partial charge in [0.1, 0.15) is 0 Å². The molecule has 0 spiro atoms. The second-order valence-electron chi connectivity index (χ2n) is 4.89. The Morgan fingerprint density at radius 2 is 2.33 bits per heavy atom. The lowest BCUT2D eigenvalue weighted by molar-refractivity contribution is -0.136. The molecule has 2 aliphatic heterocycles. The molecule has 0 saturated carbocycles. The van der Waals surface area contributed by atoms with E-state index in [0.717, 1.165) is 38.5 Å². The minimum Gasteiger partial charge on any atom is -0.342 e. The van der Waals surface area contributed by atoms with Gasteiger partial charge in [-0.1, -0.05) is 13.3 Å². The minimum absolute atomic E-state index is 0.264. The average molecular weight is 210 g/mol. The summed E-state index contributed by atoms with van der Waals surface area (Å²) in [7, 11) is 0. The van der Waals surface area contributed by atoms with E-state index in [0.29, 0.717) is 5.91 Å². The van der Waals surface area contributed by atoms with Gasteiger partial charge >= 0.3 is 0 Å². The number of nitrogens with zero attached hydrogens (tertiary/aromatic N) is 1. The minimum atomic E-state index is 0.264. The molecule has 0 aromatic heterocycles. The number of hydrogen-bond donors (Lipinski definition) is 1. The van der Waals surface area contributed by atoms with Crippen molar-refractivity contribution in [3.8, 4) is 0 Å². The van der Waals surface area contributed by atoms with Crippen molar-refractivity contribution in [2.24, 2.45) is 11.8 Å². The first-order valence-corrected chi connectivity index (χ1v) is 6.30. The monoisotopic (exact) mass is 210 g/mol. The number of rotatable bonds is 2. The van der Waals surface area contributed by atoms with Gasteiger partial charge in [-0.15, -0.1) is 0 Å². The maximum absolute atomic E-state index is 12.1. The van der Waals surface area contributed by atoms with Crippen LogP contribution in [0.5, 0.6) is 0 Å². The fraction of sp³-hybridized carbons (Fsp3) is 0.917. The summed E-state index contributed by atoms with van der Waals surface area (Å²) in [6.07, 6.45) is 4.76. The molecule has 3 nitrogen and oxygen atoms in total. The van der Waals surface area contributed by atoms with Crippen molar-refractivity contribution >= 4 is 5.91 Å².